The molecule has 0 unspecified atom stereocenters. The van der Waals surface area contributed by atoms with Gasteiger partial charge in [0.25, 0.3) is 0 Å². The van der Waals surface area contributed by atoms with E-state index >= 15 is 0 Å². The Morgan fingerprint density at radius 2 is 0.714 bits per heavy atom. The Hall–Kier alpha value is 0.411. The van der Waals surface area contributed by atoms with Gasteiger partial charge in [-0.1, -0.05) is 0 Å². The molecule has 0 saturated heterocycles. The highest BCUT2D eigenvalue weighted by Gasteiger charge is 2.36. The van der Waals surface area contributed by atoms with Crippen LogP contribution in [0.2, 0.25) is 38.3 Å². The molecule has 21 heavy (non-hydrogen) atoms. The summed E-state index contributed by atoms with van der Waals surface area (Å²) in [6.07, 6.45) is 0. The number of hydrogen-bond donors (Lipinski definition) is 0. The molecule has 130 valence electrons. The summed E-state index contributed by atoms with van der Waals surface area (Å²) in [4.78, 5) is 0. The lowest BCUT2D eigenvalue weighted by molar-refractivity contribution is 0.236. The van der Waals surface area contributed by atoms with Gasteiger partial charge in [0.05, 0.1) is 0 Å². The second-order valence-corrected chi connectivity index (χ2v) is 16.2. The molecule has 0 aliphatic rings. The van der Waals surface area contributed by atoms with Gasteiger partial charge in [0.15, 0.2) is 0 Å². The minimum absolute atomic E-state index is 0.907. The largest absolute Gasteiger partial charge is 0.398 e. The Morgan fingerprint density at radius 3 is 0.810 bits per heavy atom. The van der Waals surface area contributed by atoms with E-state index in [1.54, 1.807) is 42.7 Å². The summed E-state index contributed by atoms with van der Waals surface area (Å²) in [6.45, 7) is 8.08. The van der Waals surface area contributed by atoms with E-state index in [9.17, 15) is 0 Å². The van der Waals surface area contributed by atoms with Gasteiger partial charge in [0.1, 0.15) is 0 Å². The van der Waals surface area contributed by atoms with E-state index in [-0.39, 0.29) is 0 Å². The van der Waals surface area contributed by atoms with Crippen molar-refractivity contribution in [2.24, 2.45) is 0 Å². The van der Waals surface area contributed by atoms with E-state index in [2.05, 4.69) is 0 Å². The first-order chi connectivity index (χ1) is 9.57. The highest BCUT2D eigenvalue weighted by molar-refractivity contribution is 6.71. The molecule has 6 nitrogen and oxygen atoms in total. The summed E-state index contributed by atoms with van der Waals surface area (Å²) in [5, 5.41) is 0. The van der Waals surface area contributed by atoms with Crippen molar-refractivity contribution in [3.8, 4) is 0 Å². The van der Waals surface area contributed by atoms with Crippen molar-refractivity contribution in [1.29, 1.82) is 0 Å². The third kappa shape index (κ3) is 10.7. The molecule has 0 fully saturated rings. The van der Waals surface area contributed by atoms with Crippen LogP contribution < -0.4 is 0 Å². The van der Waals surface area contributed by atoms with Crippen molar-refractivity contribution in [2.45, 2.75) is 38.3 Å². The summed E-state index contributed by atoms with van der Waals surface area (Å²) < 4.78 is 31.6. The van der Waals surface area contributed by atoms with Gasteiger partial charge in [-0.2, -0.15) is 0 Å². The van der Waals surface area contributed by atoms with E-state index in [1.807, 2.05) is 26.2 Å². The average molecular weight is 359 g/mol. The van der Waals surface area contributed by atoms with Gasteiger partial charge in [-0.15, -0.1) is 0 Å². The zero-order chi connectivity index (χ0) is 17.2. The maximum absolute atomic E-state index is 5.40. The fourth-order valence-electron chi connectivity index (χ4n) is 1.11. The molecule has 0 aliphatic heterocycles. The van der Waals surface area contributed by atoms with Gasteiger partial charge in [-0.25, -0.2) is 0 Å². The van der Waals surface area contributed by atoms with Crippen LogP contribution >= 0.6 is 0 Å². The molecule has 0 heterocycles. The molecule has 0 spiro atoms. The van der Waals surface area contributed by atoms with Crippen molar-refractivity contribution in [3.05, 3.63) is 0 Å². The monoisotopic (exact) mass is 358 g/mol. The fourth-order valence-corrected chi connectivity index (χ4v) is 6.06. The zero-order valence-corrected chi connectivity index (χ0v) is 18.4. The molecule has 0 saturated carbocycles. The number of rotatable bonds is 9. The van der Waals surface area contributed by atoms with Gasteiger partial charge in [0.2, 0.25) is 0 Å². The van der Waals surface area contributed by atoms with Gasteiger partial charge in [0, 0.05) is 42.7 Å². The Balaban J connectivity index is 0. The van der Waals surface area contributed by atoms with Gasteiger partial charge in [-0.3, -0.25) is 0 Å². The maximum Gasteiger partial charge on any atom is 0.334 e. The lowest BCUT2D eigenvalue weighted by Gasteiger charge is -2.28. The lowest BCUT2D eigenvalue weighted by Crippen LogP contribution is -2.42. The summed E-state index contributed by atoms with van der Waals surface area (Å²) in [7, 11) is 4.58. The summed E-state index contributed by atoms with van der Waals surface area (Å²) in [5.74, 6) is 0. The first-order valence-corrected chi connectivity index (χ1v) is 14.7. The van der Waals surface area contributed by atoms with E-state index in [1.165, 1.54) is 0 Å². The second kappa shape index (κ2) is 11.0. The minimum atomic E-state index is -1.96. The van der Waals surface area contributed by atoms with Crippen molar-refractivity contribution in [2.75, 3.05) is 42.7 Å². The Bertz CT molecular complexity index is 233. The lowest BCUT2D eigenvalue weighted by atomic mass is 10.9. The van der Waals surface area contributed by atoms with E-state index in [4.69, 9.17) is 26.6 Å². The molecule has 0 rings (SSSR count). The van der Waals surface area contributed by atoms with Crippen LogP contribution in [-0.2, 0) is 26.6 Å². The van der Waals surface area contributed by atoms with Crippen molar-refractivity contribution < 1.29 is 26.6 Å². The predicted molar refractivity (Wildman–Crippen MR) is 92.4 cm³/mol. The Kier molecular flexibility index (Phi) is 12.4. The molecule has 0 aromatic heterocycles. The van der Waals surface area contributed by atoms with E-state index < -0.39 is 25.7 Å². The molecule has 0 atom stereocenters. The quantitative estimate of drug-likeness (QED) is 0.591. The highest BCUT2D eigenvalue weighted by atomic mass is 28.4. The maximum atomic E-state index is 5.40. The molecule has 9 heteroatoms. The summed E-state index contributed by atoms with van der Waals surface area (Å²) in [5.41, 5.74) is 0. The average Bonchev–Trinajstić information content (AvgIpc) is 2.52. The SMILES string of the molecule is CO[Si](C)(C)OC.CO[Si](C)(CC[Si](C)(OC)OC)OC. The molecular formula is C12H34O6Si3. The predicted octanol–water partition coefficient (Wildman–Crippen LogP) is 2.70. The van der Waals surface area contributed by atoms with Crippen molar-refractivity contribution in [1.82, 2.24) is 0 Å². The van der Waals surface area contributed by atoms with Gasteiger partial charge >= 0.3 is 25.7 Å². The van der Waals surface area contributed by atoms with Gasteiger partial charge in [-0.05, 0) is 38.3 Å². The summed E-state index contributed by atoms with van der Waals surface area (Å²) in [6, 6.07) is 1.81. The van der Waals surface area contributed by atoms with Crippen LogP contribution in [0.25, 0.3) is 0 Å². The number of hydrogen-bond acceptors (Lipinski definition) is 6. The molecule has 0 aromatic rings. The van der Waals surface area contributed by atoms with Crippen LogP contribution in [0.1, 0.15) is 0 Å². The molecular weight excluding hydrogens is 324 g/mol. The first kappa shape index (κ1) is 23.7. The smallest absolute Gasteiger partial charge is 0.334 e. The molecule has 0 N–H and O–H groups in total. The van der Waals surface area contributed by atoms with Crippen LogP contribution in [-0.4, -0.2) is 68.3 Å². The standard InChI is InChI=1S/C8H22O4Si2.C4H12O2Si/c1-9-13(5,10-2)7-8-14(6,11-3)12-4;1-5-7(3,4)6-2/h7-8H2,1-6H3;1-4H3. The second-order valence-electron chi connectivity index (χ2n) is 5.39. The molecule has 0 aromatic carbocycles. The highest BCUT2D eigenvalue weighted by Crippen LogP contribution is 2.21. The minimum Gasteiger partial charge on any atom is -0.398 e. The van der Waals surface area contributed by atoms with Crippen LogP contribution in [0.15, 0.2) is 0 Å². The normalized spacial score (nSPS) is 12.9. The van der Waals surface area contributed by atoms with Gasteiger partial charge < -0.3 is 26.6 Å². The molecule has 0 amide bonds. The molecule has 0 aliphatic carbocycles. The van der Waals surface area contributed by atoms with Crippen molar-refractivity contribution in [3.63, 3.8) is 0 Å². The summed E-state index contributed by atoms with van der Waals surface area (Å²) >= 11 is 0. The fraction of sp³-hybridized carbons (Fsp3) is 1.00. The van der Waals surface area contributed by atoms with Crippen molar-refractivity contribution >= 4 is 25.7 Å². The third-order valence-electron chi connectivity index (χ3n) is 3.74. The van der Waals surface area contributed by atoms with Crippen LogP contribution in [0.5, 0.6) is 0 Å². The third-order valence-corrected chi connectivity index (χ3v) is 12.0. The molecule has 0 radical (unpaired) electrons. The molecule has 0 bridgehead atoms. The Labute approximate surface area is 133 Å². The van der Waals surface area contributed by atoms with Crippen LogP contribution in [0.3, 0.4) is 0 Å². The topological polar surface area (TPSA) is 55.4 Å². The van der Waals surface area contributed by atoms with Crippen LogP contribution in [0.4, 0.5) is 0 Å². The van der Waals surface area contributed by atoms with Crippen LogP contribution in [0, 0.1) is 0 Å². The zero-order valence-electron chi connectivity index (χ0n) is 15.4. The van der Waals surface area contributed by atoms with E-state index in [0.717, 1.165) is 12.1 Å². The Morgan fingerprint density at radius 1 is 0.476 bits per heavy atom. The first-order valence-electron chi connectivity index (χ1n) is 6.88. The van der Waals surface area contributed by atoms with E-state index in [0.29, 0.717) is 0 Å².